The van der Waals surface area contributed by atoms with Gasteiger partial charge in [0.25, 0.3) is 0 Å². The first-order valence-electron chi connectivity index (χ1n) is 5.94. The summed E-state index contributed by atoms with van der Waals surface area (Å²) in [4.78, 5) is 0. The summed E-state index contributed by atoms with van der Waals surface area (Å²) in [6.45, 7) is 3.41. The number of rotatable bonds is 6. The van der Waals surface area contributed by atoms with Crippen molar-refractivity contribution in [3.05, 3.63) is 47.9 Å². The van der Waals surface area contributed by atoms with Gasteiger partial charge < -0.3 is 19.6 Å². The average molecular weight is 247 g/mol. The fraction of sp³-hybridized carbons (Fsp3) is 0.286. The summed E-state index contributed by atoms with van der Waals surface area (Å²) in [5.74, 6) is 2.31. The number of hydrogen-bond acceptors (Lipinski definition) is 4. The largest absolute Gasteiger partial charge is 0.494 e. The fourth-order valence-corrected chi connectivity index (χ4v) is 1.64. The quantitative estimate of drug-likeness (QED) is 0.852. The molecule has 0 amide bonds. The van der Waals surface area contributed by atoms with Gasteiger partial charge in [-0.25, -0.2) is 0 Å². The van der Waals surface area contributed by atoms with Crippen LogP contribution in [-0.4, -0.2) is 6.61 Å². The van der Waals surface area contributed by atoms with Crippen LogP contribution in [0.15, 0.2) is 41.0 Å². The molecule has 2 aromatic rings. The van der Waals surface area contributed by atoms with Crippen molar-refractivity contribution in [1.29, 1.82) is 0 Å². The lowest BCUT2D eigenvalue weighted by molar-refractivity contribution is 0.266. The van der Waals surface area contributed by atoms with Crippen molar-refractivity contribution in [2.75, 3.05) is 6.61 Å². The minimum absolute atomic E-state index is 0.370. The second-order valence-corrected chi connectivity index (χ2v) is 3.77. The summed E-state index contributed by atoms with van der Waals surface area (Å²) in [5.41, 5.74) is 6.56. The molecule has 1 heterocycles. The zero-order valence-electron chi connectivity index (χ0n) is 10.4. The third-order valence-corrected chi connectivity index (χ3v) is 2.54. The molecule has 0 radical (unpaired) electrons. The van der Waals surface area contributed by atoms with Gasteiger partial charge in [-0.2, -0.15) is 0 Å². The lowest BCUT2D eigenvalue weighted by atomic mass is 10.2. The van der Waals surface area contributed by atoms with E-state index in [1.807, 2.05) is 37.3 Å². The van der Waals surface area contributed by atoms with E-state index in [-0.39, 0.29) is 0 Å². The normalized spacial score (nSPS) is 10.3. The monoisotopic (exact) mass is 247 g/mol. The highest BCUT2D eigenvalue weighted by molar-refractivity contribution is 5.33. The van der Waals surface area contributed by atoms with E-state index in [1.54, 1.807) is 6.26 Å². The SMILES string of the molecule is CCOc1cccc(OCc2occc2CN)c1. The van der Waals surface area contributed by atoms with E-state index < -0.39 is 0 Å². The molecule has 0 bridgehead atoms. The van der Waals surface area contributed by atoms with Crippen molar-refractivity contribution in [2.45, 2.75) is 20.1 Å². The molecule has 0 unspecified atom stereocenters. The Labute approximate surface area is 106 Å². The molecule has 0 fully saturated rings. The van der Waals surface area contributed by atoms with Gasteiger partial charge in [-0.15, -0.1) is 0 Å². The van der Waals surface area contributed by atoms with Crippen LogP contribution in [0.5, 0.6) is 11.5 Å². The Hall–Kier alpha value is -1.94. The maximum absolute atomic E-state index is 5.65. The Kier molecular flexibility index (Phi) is 4.25. The molecule has 4 heteroatoms. The van der Waals surface area contributed by atoms with Gasteiger partial charge >= 0.3 is 0 Å². The molecule has 2 N–H and O–H groups in total. The molecule has 96 valence electrons. The van der Waals surface area contributed by atoms with Crippen LogP contribution < -0.4 is 15.2 Å². The van der Waals surface area contributed by atoms with Crippen LogP contribution in [0, 0.1) is 0 Å². The average Bonchev–Trinajstić information content (AvgIpc) is 2.84. The first-order chi connectivity index (χ1) is 8.83. The Bertz CT molecular complexity index is 493. The van der Waals surface area contributed by atoms with Crippen LogP contribution in [0.3, 0.4) is 0 Å². The van der Waals surface area contributed by atoms with Gasteiger partial charge in [0.15, 0.2) is 0 Å². The molecule has 0 aliphatic heterocycles. The van der Waals surface area contributed by atoms with Crippen LogP contribution in [0.25, 0.3) is 0 Å². The molecule has 4 nitrogen and oxygen atoms in total. The number of nitrogens with two attached hydrogens (primary N) is 1. The van der Waals surface area contributed by atoms with Gasteiger partial charge in [-0.1, -0.05) is 6.07 Å². The molecular formula is C14H17NO3. The summed E-state index contributed by atoms with van der Waals surface area (Å²) < 4.78 is 16.4. The third kappa shape index (κ3) is 3.05. The molecule has 2 rings (SSSR count). The fourth-order valence-electron chi connectivity index (χ4n) is 1.64. The molecule has 0 saturated heterocycles. The molecule has 1 aromatic heterocycles. The zero-order valence-corrected chi connectivity index (χ0v) is 10.4. The van der Waals surface area contributed by atoms with E-state index in [0.717, 1.165) is 22.8 Å². The van der Waals surface area contributed by atoms with Gasteiger partial charge in [0.2, 0.25) is 0 Å². The van der Waals surface area contributed by atoms with Crippen molar-refractivity contribution in [2.24, 2.45) is 5.73 Å². The van der Waals surface area contributed by atoms with Gasteiger partial charge in [-0.05, 0) is 25.1 Å². The van der Waals surface area contributed by atoms with Crippen LogP contribution in [0.4, 0.5) is 0 Å². The van der Waals surface area contributed by atoms with Crippen molar-refractivity contribution in [3.8, 4) is 11.5 Å². The number of hydrogen-bond donors (Lipinski definition) is 1. The highest BCUT2D eigenvalue weighted by Gasteiger charge is 2.06. The second-order valence-electron chi connectivity index (χ2n) is 3.77. The van der Waals surface area contributed by atoms with Crippen molar-refractivity contribution < 1.29 is 13.9 Å². The summed E-state index contributed by atoms with van der Waals surface area (Å²) >= 11 is 0. The van der Waals surface area contributed by atoms with Crippen LogP contribution >= 0.6 is 0 Å². The highest BCUT2D eigenvalue weighted by Crippen LogP contribution is 2.21. The predicted molar refractivity (Wildman–Crippen MR) is 68.5 cm³/mol. The summed E-state index contributed by atoms with van der Waals surface area (Å²) in [6, 6.07) is 9.39. The minimum atomic E-state index is 0.370. The van der Waals surface area contributed by atoms with Crippen molar-refractivity contribution in [1.82, 2.24) is 0 Å². The molecule has 1 aromatic carbocycles. The first-order valence-corrected chi connectivity index (χ1v) is 5.94. The Balaban J connectivity index is 1.99. The molecule has 18 heavy (non-hydrogen) atoms. The van der Waals surface area contributed by atoms with Crippen LogP contribution in [0.1, 0.15) is 18.2 Å². The Morgan fingerprint density at radius 3 is 2.67 bits per heavy atom. The van der Waals surface area contributed by atoms with Gasteiger partial charge in [-0.3, -0.25) is 0 Å². The summed E-state index contributed by atoms with van der Waals surface area (Å²) in [6.07, 6.45) is 1.62. The summed E-state index contributed by atoms with van der Waals surface area (Å²) in [7, 11) is 0. The van der Waals surface area contributed by atoms with Gasteiger partial charge in [0.1, 0.15) is 23.9 Å². The lowest BCUT2D eigenvalue weighted by Gasteiger charge is -2.08. The van der Waals surface area contributed by atoms with Crippen molar-refractivity contribution >= 4 is 0 Å². The second kappa shape index (κ2) is 6.12. The number of furan rings is 1. The van der Waals surface area contributed by atoms with E-state index in [1.165, 1.54) is 0 Å². The number of benzene rings is 1. The topological polar surface area (TPSA) is 57.6 Å². The Morgan fingerprint density at radius 1 is 1.17 bits per heavy atom. The third-order valence-electron chi connectivity index (χ3n) is 2.54. The van der Waals surface area contributed by atoms with E-state index in [4.69, 9.17) is 19.6 Å². The molecule has 0 spiro atoms. The lowest BCUT2D eigenvalue weighted by Crippen LogP contribution is -2.02. The molecule has 0 atom stereocenters. The zero-order chi connectivity index (χ0) is 12.8. The molecule has 0 aliphatic carbocycles. The molecule has 0 aliphatic rings. The van der Waals surface area contributed by atoms with Crippen LogP contribution in [0.2, 0.25) is 0 Å². The maximum atomic E-state index is 5.65. The van der Waals surface area contributed by atoms with E-state index in [2.05, 4.69) is 0 Å². The number of ether oxygens (including phenoxy) is 2. The highest BCUT2D eigenvalue weighted by atomic mass is 16.5. The van der Waals surface area contributed by atoms with E-state index in [9.17, 15) is 0 Å². The molecular weight excluding hydrogens is 230 g/mol. The Morgan fingerprint density at radius 2 is 1.94 bits per heavy atom. The van der Waals surface area contributed by atoms with Gasteiger partial charge in [0.05, 0.1) is 12.9 Å². The van der Waals surface area contributed by atoms with Gasteiger partial charge in [0, 0.05) is 18.2 Å². The maximum Gasteiger partial charge on any atom is 0.146 e. The van der Waals surface area contributed by atoms with E-state index in [0.29, 0.717) is 19.8 Å². The molecule has 0 saturated carbocycles. The standard InChI is InChI=1S/C14H17NO3/c1-2-16-12-4-3-5-13(8-12)18-10-14-11(9-15)6-7-17-14/h3-8H,2,9-10,15H2,1H3. The summed E-state index contributed by atoms with van der Waals surface area (Å²) in [5, 5.41) is 0. The minimum Gasteiger partial charge on any atom is -0.494 e. The van der Waals surface area contributed by atoms with E-state index >= 15 is 0 Å². The predicted octanol–water partition coefficient (Wildman–Crippen LogP) is 2.72. The van der Waals surface area contributed by atoms with Crippen molar-refractivity contribution in [3.63, 3.8) is 0 Å². The van der Waals surface area contributed by atoms with Crippen LogP contribution in [-0.2, 0) is 13.2 Å². The first kappa shape index (κ1) is 12.5. The smallest absolute Gasteiger partial charge is 0.146 e.